The van der Waals surface area contributed by atoms with E-state index in [1.165, 1.54) is 32.1 Å². The summed E-state index contributed by atoms with van der Waals surface area (Å²) in [5.41, 5.74) is 5.48. The molecule has 1 aliphatic carbocycles. The fourth-order valence-electron chi connectivity index (χ4n) is 3.07. The van der Waals surface area contributed by atoms with Crippen molar-refractivity contribution in [2.45, 2.75) is 63.5 Å². The van der Waals surface area contributed by atoms with Crippen molar-refractivity contribution >= 4 is 18.3 Å². The first-order valence-electron chi connectivity index (χ1n) is 7.29. The van der Waals surface area contributed by atoms with Gasteiger partial charge in [0, 0.05) is 19.3 Å². The summed E-state index contributed by atoms with van der Waals surface area (Å²) in [6.45, 7) is 3.32. The quantitative estimate of drug-likeness (QED) is 0.835. The largest absolute Gasteiger partial charge is 0.381 e. The maximum atomic E-state index is 12.3. The third-order valence-electron chi connectivity index (χ3n) is 4.55. The van der Waals surface area contributed by atoms with Crippen LogP contribution in [0.4, 0.5) is 0 Å². The molecule has 3 N–H and O–H groups in total. The van der Waals surface area contributed by atoms with Gasteiger partial charge in [-0.25, -0.2) is 0 Å². The molecular weight excluding hydrogens is 264 g/mol. The van der Waals surface area contributed by atoms with Gasteiger partial charge in [-0.2, -0.15) is 0 Å². The lowest BCUT2D eigenvalue weighted by molar-refractivity contribution is -0.130. The zero-order chi connectivity index (χ0) is 13.0. The molecule has 5 heteroatoms. The number of halogens is 1. The van der Waals surface area contributed by atoms with Gasteiger partial charge in [0.2, 0.25) is 5.91 Å². The average Bonchev–Trinajstić information content (AvgIpc) is 2.40. The molecule has 2 rings (SSSR count). The summed E-state index contributed by atoms with van der Waals surface area (Å²) < 4.78 is 5.28. The van der Waals surface area contributed by atoms with E-state index in [1.54, 1.807) is 0 Å². The highest BCUT2D eigenvalue weighted by Gasteiger charge is 2.37. The van der Waals surface area contributed by atoms with Gasteiger partial charge >= 0.3 is 0 Å². The summed E-state index contributed by atoms with van der Waals surface area (Å²) in [6, 6.07) is 0.251. The molecule has 2 aliphatic rings. The Morgan fingerprint density at radius 1 is 1.26 bits per heavy atom. The van der Waals surface area contributed by atoms with E-state index in [0.29, 0.717) is 32.0 Å². The normalized spacial score (nSPS) is 25.2. The van der Waals surface area contributed by atoms with Gasteiger partial charge in [0.1, 0.15) is 0 Å². The summed E-state index contributed by atoms with van der Waals surface area (Å²) in [4.78, 5) is 12.3. The number of nitrogens with one attached hydrogen (secondary N) is 1. The standard InChI is InChI=1S/C14H26N2O2.ClH/c1-11(12-5-3-2-4-6-12)16-13(17)14(15)7-9-18-10-8-14;/h11-12H,2-10,15H2,1H3,(H,16,17);1H. The molecule has 0 spiro atoms. The van der Waals surface area contributed by atoms with E-state index >= 15 is 0 Å². The molecular formula is C14H27ClN2O2. The minimum absolute atomic E-state index is 0. The predicted molar refractivity (Wildman–Crippen MR) is 78.4 cm³/mol. The summed E-state index contributed by atoms with van der Waals surface area (Å²) >= 11 is 0. The molecule has 19 heavy (non-hydrogen) atoms. The lowest BCUT2D eigenvalue weighted by Gasteiger charge is -2.35. The highest BCUT2D eigenvalue weighted by atomic mass is 35.5. The number of carbonyl (C=O) groups excluding carboxylic acids is 1. The van der Waals surface area contributed by atoms with Crippen LogP contribution in [0, 0.1) is 5.92 Å². The Labute approximate surface area is 122 Å². The molecule has 0 aromatic heterocycles. The average molecular weight is 291 g/mol. The highest BCUT2D eigenvalue weighted by molar-refractivity contribution is 5.86. The summed E-state index contributed by atoms with van der Waals surface area (Å²) in [7, 11) is 0. The van der Waals surface area contributed by atoms with Crippen LogP contribution in [-0.2, 0) is 9.53 Å². The minimum atomic E-state index is -0.707. The first-order chi connectivity index (χ1) is 8.62. The molecule has 1 amide bonds. The van der Waals surface area contributed by atoms with Crippen LogP contribution in [0.2, 0.25) is 0 Å². The second kappa shape index (κ2) is 7.46. The topological polar surface area (TPSA) is 64.4 Å². The maximum Gasteiger partial charge on any atom is 0.240 e. The third kappa shape index (κ3) is 4.33. The molecule has 1 saturated carbocycles. The lowest BCUT2D eigenvalue weighted by atomic mass is 9.83. The molecule has 1 heterocycles. The molecule has 112 valence electrons. The number of ether oxygens (including phenoxy) is 1. The van der Waals surface area contributed by atoms with E-state index in [-0.39, 0.29) is 24.4 Å². The number of nitrogens with two attached hydrogens (primary N) is 1. The van der Waals surface area contributed by atoms with E-state index in [0.717, 1.165) is 0 Å². The molecule has 0 bridgehead atoms. The van der Waals surface area contributed by atoms with Crippen molar-refractivity contribution in [3.05, 3.63) is 0 Å². The van der Waals surface area contributed by atoms with Crippen LogP contribution in [0.1, 0.15) is 51.9 Å². The third-order valence-corrected chi connectivity index (χ3v) is 4.55. The van der Waals surface area contributed by atoms with Crippen molar-refractivity contribution in [2.75, 3.05) is 13.2 Å². The number of hydrogen-bond acceptors (Lipinski definition) is 3. The number of amides is 1. The molecule has 2 fully saturated rings. The van der Waals surface area contributed by atoms with Gasteiger partial charge in [-0.3, -0.25) is 4.79 Å². The van der Waals surface area contributed by atoms with Crippen LogP contribution in [0.25, 0.3) is 0 Å². The SMILES string of the molecule is CC(NC(=O)C1(N)CCOCC1)C1CCCCC1.Cl. The number of carbonyl (C=O) groups is 1. The van der Waals surface area contributed by atoms with Crippen molar-refractivity contribution in [2.24, 2.45) is 11.7 Å². The van der Waals surface area contributed by atoms with Gasteiger partial charge in [-0.15, -0.1) is 12.4 Å². The van der Waals surface area contributed by atoms with Crippen molar-refractivity contribution in [3.8, 4) is 0 Å². The Hall–Kier alpha value is -0.320. The molecule has 1 unspecified atom stereocenters. The zero-order valence-electron chi connectivity index (χ0n) is 11.8. The molecule has 0 radical (unpaired) electrons. The van der Waals surface area contributed by atoms with Crippen molar-refractivity contribution in [1.82, 2.24) is 5.32 Å². The molecule has 1 aliphatic heterocycles. The highest BCUT2D eigenvalue weighted by Crippen LogP contribution is 2.27. The van der Waals surface area contributed by atoms with E-state index in [2.05, 4.69) is 12.2 Å². The van der Waals surface area contributed by atoms with Crippen LogP contribution in [0.15, 0.2) is 0 Å². The van der Waals surface area contributed by atoms with Gasteiger partial charge in [-0.05, 0) is 38.5 Å². The fourth-order valence-corrected chi connectivity index (χ4v) is 3.07. The summed E-state index contributed by atoms with van der Waals surface area (Å²) in [5, 5.41) is 3.14. The monoisotopic (exact) mass is 290 g/mol. The molecule has 0 aromatic carbocycles. The number of hydrogen-bond donors (Lipinski definition) is 2. The maximum absolute atomic E-state index is 12.3. The van der Waals surface area contributed by atoms with E-state index in [1.807, 2.05) is 0 Å². The zero-order valence-corrected chi connectivity index (χ0v) is 12.6. The smallest absolute Gasteiger partial charge is 0.240 e. The van der Waals surface area contributed by atoms with Gasteiger partial charge in [0.15, 0.2) is 0 Å². The van der Waals surface area contributed by atoms with E-state index < -0.39 is 5.54 Å². The van der Waals surface area contributed by atoms with E-state index in [9.17, 15) is 4.79 Å². The second-order valence-electron chi connectivity index (χ2n) is 5.93. The van der Waals surface area contributed by atoms with Crippen LogP contribution in [0.5, 0.6) is 0 Å². The molecule has 0 aromatic rings. The Kier molecular flexibility index (Phi) is 6.57. The van der Waals surface area contributed by atoms with Gasteiger partial charge < -0.3 is 15.8 Å². The predicted octanol–water partition coefficient (Wildman–Crippen LogP) is 2.00. The van der Waals surface area contributed by atoms with Gasteiger partial charge in [0.25, 0.3) is 0 Å². The Balaban J connectivity index is 0.00000180. The fraction of sp³-hybridized carbons (Fsp3) is 0.929. The van der Waals surface area contributed by atoms with Crippen molar-refractivity contribution in [3.63, 3.8) is 0 Å². The first kappa shape index (κ1) is 16.7. The molecule has 1 atom stereocenters. The Morgan fingerprint density at radius 2 is 1.84 bits per heavy atom. The molecule has 4 nitrogen and oxygen atoms in total. The van der Waals surface area contributed by atoms with E-state index in [4.69, 9.17) is 10.5 Å². The first-order valence-corrected chi connectivity index (χ1v) is 7.29. The Morgan fingerprint density at radius 3 is 2.42 bits per heavy atom. The Bertz CT molecular complexity index is 287. The van der Waals surface area contributed by atoms with Crippen LogP contribution < -0.4 is 11.1 Å². The second-order valence-corrected chi connectivity index (χ2v) is 5.93. The molecule has 1 saturated heterocycles. The summed E-state index contributed by atoms with van der Waals surface area (Å²) in [6.07, 6.45) is 7.69. The van der Waals surface area contributed by atoms with Crippen LogP contribution >= 0.6 is 12.4 Å². The summed E-state index contributed by atoms with van der Waals surface area (Å²) in [5.74, 6) is 0.648. The lowest BCUT2D eigenvalue weighted by Crippen LogP contribution is -2.59. The number of rotatable bonds is 3. The van der Waals surface area contributed by atoms with Gasteiger partial charge in [-0.1, -0.05) is 19.3 Å². The van der Waals surface area contributed by atoms with Crippen LogP contribution in [0.3, 0.4) is 0 Å². The van der Waals surface area contributed by atoms with Gasteiger partial charge in [0.05, 0.1) is 5.54 Å². The van der Waals surface area contributed by atoms with Crippen molar-refractivity contribution < 1.29 is 9.53 Å². The minimum Gasteiger partial charge on any atom is -0.381 e. The van der Waals surface area contributed by atoms with Crippen LogP contribution in [-0.4, -0.2) is 30.7 Å². The van der Waals surface area contributed by atoms with Crippen molar-refractivity contribution in [1.29, 1.82) is 0 Å².